The molecule has 4 heteroatoms. The van der Waals surface area contributed by atoms with Gasteiger partial charge in [0.05, 0.1) is 12.2 Å². The standard InChI is InChI=1S/C16H19NO3/c1-5-20-15(19)11-6-7-13-12(10-11)16(2,3)14(8-9-18)17(13)4/h6-10H,5H2,1-4H3. The van der Waals surface area contributed by atoms with Gasteiger partial charge in [0.2, 0.25) is 0 Å². The summed E-state index contributed by atoms with van der Waals surface area (Å²) >= 11 is 0. The molecule has 2 rings (SSSR count). The summed E-state index contributed by atoms with van der Waals surface area (Å²) < 4.78 is 5.03. The van der Waals surface area contributed by atoms with Crippen LogP contribution in [0, 0.1) is 0 Å². The molecular weight excluding hydrogens is 254 g/mol. The number of allylic oxidation sites excluding steroid dienone is 2. The van der Waals surface area contributed by atoms with E-state index in [1.165, 1.54) is 0 Å². The summed E-state index contributed by atoms with van der Waals surface area (Å²) in [4.78, 5) is 24.7. The van der Waals surface area contributed by atoms with Crippen molar-refractivity contribution >= 4 is 17.9 Å². The number of ether oxygens (including phenoxy) is 1. The van der Waals surface area contributed by atoms with Gasteiger partial charge < -0.3 is 9.64 Å². The third-order valence-corrected chi connectivity index (χ3v) is 3.77. The highest BCUT2D eigenvalue weighted by Crippen LogP contribution is 2.46. The topological polar surface area (TPSA) is 46.6 Å². The zero-order valence-electron chi connectivity index (χ0n) is 12.3. The van der Waals surface area contributed by atoms with E-state index in [1.54, 1.807) is 19.1 Å². The van der Waals surface area contributed by atoms with Gasteiger partial charge in [-0.3, -0.25) is 4.79 Å². The van der Waals surface area contributed by atoms with Crippen LogP contribution in [0.2, 0.25) is 0 Å². The van der Waals surface area contributed by atoms with Crippen molar-refractivity contribution in [2.24, 2.45) is 0 Å². The van der Waals surface area contributed by atoms with Crippen molar-refractivity contribution in [1.82, 2.24) is 0 Å². The maximum atomic E-state index is 11.8. The molecule has 1 aliphatic rings. The van der Waals surface area contributed by atoms with E-state index in [2.05, 4.69) is 0 Å². The van der Waals surface area contributed by atoms with Crippen LogP contribution in [-0.4, -0.2) is 25.9 Å². The highest BCUT2D eigenvalue weighted by molar-refractivity contribution is 5.91. The number of rotatable bonds is 3. The van der Waals surface area contributed by atoms with Gasteiger partial charge in [0, 0.05) is 23.8 Å². The number of carbonyl (C=O) groups excluding carboxylic acids is 2. The molecule has 0 bridgehead atoms. The van der Waals surface area contributed by atoms with E-state index in [-0.39, 0.29) is 11.4 Å². The summed E-state index contributed by atoms with van der Waals surface area (Å²) in [6.07, 6.45) is 2.37. The number of esters is 1. The number of hydrogen-bond acceptors (Lipinski definition) is 4. The fourth-order valence-corrected chi connectivity index (χ4v) is 2.74. The Morgan fingerprint density at radius 2 is 2.10 bits per heavy atom. The molecule has 106 valence electrons. The Balaban J connectivity index is 2.52. The van der Waals surface area contributed by atoms with E-state index in [0.29, 0.717) is 12.2 Å². The van der Waals surface area contributed by atoms with Gasteiger partial charge >= 0.3 is 5.97 Å². The third kappa shape index (κ3) is 2.11. The van der Waals surface area contributed by atoms with Crippen molar-refractivity contribution < 1.29 is 14.3 Å². The van der Waals surface area contributed by atoms with Crippen molar-refractivity contribution in [3.8, 4) is 0 Å². The monoisotopic (exact) mass is 273 g/mol. The quantitative estimate of drug-likeness (QED) is 0.482. The number of aldehydes is 1. The Morgan fingerprint density at radius 1 is 1.40 bits per heavy atom. The summed E-state index contributed by atoms with van der Waals surface area (Å²) in [5, 5.41) is 0. The molecule has 1 aliphatic heterocycles. The number of hydrogen-bond donors (Lipinski definition) is 0. The van der Waals surface area contributed by atoms with Crippen molar-refractivity contribution in [3.05, 3.63) is 41.1 Å². The third-order valence-electron chi connectivity index (χ3n) is 3.77. The minimum Gasteiger partial charge on any atom is -0.462 e. The number of carbonyl (C=O) groups is 2. The van der Waals surface area contributed by atoms with E-state index in [4.69, 9.17) is 4.74 Å². The van der Waals surface area contributed by atoms with Gasteiger partial charge in [0.25, 0.3) is 0 Å². The molecule has 0 atom stereocenters. The van der Waals surface area contributed by atoms with Crippen LogP contribution < -0.4 is 4.90 Å². The van der Waals surface area contributed by atoms with Gasteiger partial charge in [-0.15, -0.1) is 0 Å². The molecule has 0 amide bonds. The van der Waals surface area contributed by atoms with Crippen molar-refractivity contribution in [3.63, 3.8) is 0 Å². The van der Waals surface area contributed by atoms with Crippen LogP contribution in [0.15, 0.2) is 30.0 Å². The Hall–Kier alpha value is -2.10. The molecule has 0 saturated heterocycles. The first kappa shape index (κ1) is 14.3. The second-order valence-electron chi connectivity index (χ2n) is 5.32. The molecule has 0 fully saturated rings. The average Bonchev–Trinajstić information content (AvgIpc) is 2.60. The lowest BCUT2D eigenvalue weighted by atomic mass is 9.83. The molecular formula is C16H19NO3. The van der Waals surface area contributed by atoms with E-state index in [1.807, 2.05) is 37.9 Å². The first-order valence-corrected chi connectivity index (χ1v) is 6.64. The summed E-state index contributed by atoms with van der Waals surface area (Å²) in [5.74, 6) is -0.318. The number of anilines is 1. The van der Waals surface area contributed by atoms with Crippen molar-refractivity contribution in [1.29, 1.82) is 0 Å². The molecule has 0 aromatic heterocycles. The maximum Gasteiger partial charge on any atom is 0.338 e. The SMILES string of the molecule is CCOC(=O)c1ccc2c(c1)C(C)(C)C(=CC=O)N2C. The van der Waals surface area contributed by atoms with Gasteiger partial charge in [0.15, 0.2) is 0 Å². The number of nitrogens with zero attached hydrogens (tertiary/aromatic N) is 1. The van der Waals surface area contributed by atoms with E-state index in [9.17, 15) is 9.59 Å². The Labute approximate surface area is 119 Å². The normalized spacial score (nSPS) is 18.0. The fraction of sp³-hybridized carbons (Fsp3) is 0.375. The molecule has 0 saturated carbocycles. The van der Waals surface area contributed by atoms with Crippen LogP contribution in [0.3, 0.4) is 0 Å². The summed E-state index contributed by atoms with van der Waals surface area (Å²) in [6, 6.07) is 5.51. The van der Waals surface area contributed by atoms with E-state index >= 15 is 0 Å². The second kappa shape index (κ2) is 5.12. The predicted molar refractivity (Wildman–Crippen MR) is 78.0 cm³/mol. The molecule has 1 heterocycles. The van der Waals surface area contributed by atoms with Crippen LogP contribution >= 0.6 is 0 Å². The second-order valence-corrected chi connectivity index (χ2v) is 5.32. The van der Waals surface area contributed by atoms with Crippen LogP contribution in [0.25, 0.3) is 0 Å². The van der Waals surface area contributed by atoms with Gasteiger partial charge in [-0.2, -0.15) is 0 Å². The Morgan fingerprint density at radius 3 is 2.70 bits per heavy atom. The van der Waals surface area contributed by atoms with Gasteiger partial charge in [-0.05, 0) is 36.8 Å². The lowest BCUT2D eigenvalue weighted by Gasteiger charge is -2.23. The maximum absolute atomic E-state index is 11.8. The predicted octanol–water partition coefficient (Wildman–Crippen LogP) is 2.67. The molecule has 4 nitrogen and oxygen atoms in total. The first-order chi connectivity index (χ1) is 9.43. The average molecular weight is 273 g/mol. The van der Waals surface area contributed by atoms with Gasteiger partial charge in [0.1, 0.15) is 6.29 Å². The van der Waals surface area contributed by atoms with Crippen LogP contribution in [0.1, 0.15) is 36.7 Å². The highest BCUT2D eigenvalue weighted by atomic mass is 16.5. The molecule has 1 aromatic carbocycles. The van der Waals surface area contributed by atoms with Crippen LogP contribution in [0.5, 0.6) is 0 Å². The minimum absolute atomic E-state index is 0.312. The largest absolute Gasteiger partial charge is 0.462 e. The van der Waals surface area contributed by atoms with E-state index < -0.39 is 0 Å². The molecule has 0 aliphatic carbocycles. The molecule has 20 heavy (non-hydrogen) atoms. The summed E-state index contributed by atoms with van der Waals surface area (Å²) in [6.45, 7) is 6.22. The fourth-order valence-electron chi connectivity index (χ4n) is 2.74. The molecule has 0 unspecified atom stereocenters. The first-order valence-electron chi connectivity index (χ1n) is 6.64. The smallest absolute Gasteiger partial charge is 0.338 e. The zero-order valence-corrected chi connectivity index (χ0v) is 12.3. The van der Waals surface area contributed by atoms with Crippen LogP contribution in [-0.2, 0) is 14.9 Å². The molecule has 0 radical (unpaired) electrons. The lowest BCUT2D eigenvalue weighted by molar-refractivity contribution is -0.104. The molecule has 1 aromatic rings. The Kier molecular flexibility index (Phi) is 3.66. The van der Waals surface area contributed by atoms with Gasteiger partial charge in [-0.25, -0.2) is 4.79 Å². The number of likely N-dealkylation sites (N-methyl/N-ethyl adjacent to an activating group) is 1. The Bertz CT molecular complexity index is 587. The van der Waals surface area contributed by atoms with E-state index in [0.717, 1.165) is 23.2 Å². The molecule has 0 N–H and O–H groups in total. The number of benzene rings is 1. The van der Waals surface area contributed by atoms with Crippen LogP contribution in [0.4, 0.5) is 5.69 Å². The van der Waals surface area contributed by atoms with Crippen molar-refractivity contribution in [2.75, 3.05) is 18.6 Å². The van der Waals surface area contributed by atoms with Crippen molar-refractivity contribution in [2.45, 2.75) is 26.2 Å². The summed E-state index contributed by atoms with van der Waals surface area (Å²) in [5.41, 5.74) is 3.19. The van der Waals surface area contributed by atoms with Gasteiger partial charge in [-0.1, -0.05) is 13.8 Å². The highest BCUT2D eigenvalue weighted by Gasteiger charge is 2.38. The zero-order chi connectivity index (χ0) is 14.9. The summed E-state index contributed by atoms with van der Waals surface area (Å²) in [7, 11) is 1.92. The minimum atomic E-state index is -0.318. The number of fused-ring (bicyclic) bond motifs is 1. The lowest BCUT2D eigenvalue weighted by Crippen LogP contribution is -2.23. The molecule has 0 spiro atoms.